The molecule has 1 aliphatic rings. The molecule has 0 aliphatic heterocycles. The molecule has 0 bridgehead atoms. The molecule has 0 radical (unpaired) electrons. The number of rotatable bonds is 4. The lowest BCUT2D eigenvalue weighted by Crippen LogP contribution is -2.11. The Kier molecular flexibility index (Phi) is 3.84. The van der Waals surface area contributed by atoms with Crippen molar-refractivity contribution in [2.24, 2.45) is 5.92 Å². The van der Waals surface area contributed by atoms with E-state index in [4.69, 9.17) is 10.2 Å². The number of fused-ring (bicyclic) bond motifs is 3. The summed E-state index contributed by atoms with van der Waals surface area (Å²) >= 11 is 1.82. The van der Waals surface area contributed by atoms with Crippen molar-refractivity contribution in [3.8, 4) is 0 Å². The molecule has 3 aromatic heterocycles. The Morgan fingerprint density at radius 2 is 2.21 bits per heavy atom. The van der Waals surface area contributed by atoms with Crippen LogP contribution in [-0.2, 0) is 19.3 Å². The van der Waals surface area contributed by atoms with Gasteiger partial charge in [-0.05, 0) is 37.7 Å². The molecule has 3 N–H and O–H groups in total. The predicted molar refractivity (Wildman–Crippen MR) is 94.2 cm³/mol. The predicted octanol–water partition coefficient (Wildman–Crippen LogP) is 2.74. The Balaban J connectivity index is 1.62. The first kappa shape index (κ1) is 15.3. The average molecular weight is 344 g/mol. The van der Waals surface area contributed by atoms with Crippen molar-refractivity contribution in [3.05, 3.63) is 22.2 Å². The molecule has 24 heavy (non-hydrogen) atoms. The van der Waals surface area contributed by atoms with Crippen LogP contribution in [0, 0.1) is 12.8 Å². The molecule has 3 aromatic rings. The van der Waals surface area contributed by atoms with Crippen LogP contribution in [0.5, 0.6) is 0 Å². The van der Waals surface area contributed by atoms with Gasteiger partial charge in [0.25, 0.3) is 0 Å². The number of aromatic nitrogens is 4. The van der Waals surface area contributed by atoms with Crippen LogP contribution in [0.3, 0.4) is 0 Å². The first-order valence-electron chi connectivity index (χ1n) is 8.20. The molecule has 0 saturated carbocycles. The Morgan fingerprint density at radius 1 is 1.33 bits per heavy atom. The van der Waals surface area contributed by atoms with Crippen LogP contribution in [0.15, 0.2) is 4.42 Å². The maximum absolute atomic E-state index is 5.45. The van der Waals surface area contributed by atoms with E-state index < -0.39 is 0 Å². The van der Waals surface area contributed by atoms with Crippen LogP contribution in [0.1, 0.15) is 35.5 Å². The van der Waals surface area contributed by atoms with E-state index in [0.717, 1.165) is 35.2 Å². The summed E-state index contributed by atoms with van der Waals surface area (Å²) in [6, 6.07) is 0.103. The third-order valence-electron chi connectivity index (χ3n) is 4.38. The van der Waals surface area contributed by atoms with E-state index in [1.165, 1.54) is 22.2 Å². The highest BCUT2D eigenvalue weighted by Crippen LogP contribution is 2.39. The van der Waals surface area contributed by atoms with Crippen molar-refractivity contribution >= 4 is 33.4 Å². The molecular weight excluding hydrogens is 324 g/mol. The number of nitrogens with two attached hydrogens (primary N) is 1. The minimum absolute atomic E-state index is 0.103. The highest BCUT2D eigenvalue weighted by molar-refractivity contribution is 7.19. The smallest absolute Gasteiger partial charge is 0.312 e. The Labute approximate surface area is 143 Å². The van der Waals surface area contributed by atoms with E-state index in [2.05, 4.69) is 32.4 Å². The average Bonchev–Trinajstić information content (AvgIpc) is 3.09. The van der Waals surface area contributed by atoms with E-state index in [9.17, 15) is 0 Å². The molecule has 126 valence electrons. The van der Waals surface area contributed by atoms with Gasteiger partial charge < -0.3 is 15.5 Å². The van der Waals surface area contributed by atoms with Gasteiger partial charge in [0, 0.05) is 17.8 Å². The van der Waals surface area contributed by atoms with Crippen LogP contribution in [-0.4, -0.2) is 26.7 Å². The highest BCUT2D eigenvalue weighted by atomic mass is 32.1. The molecule has 0 spiro atoms. The monoisotopic (exact) mass is 344 g/mol. The van der Waals surface area contributed by atoms with Crippen molar-refractivity contribution in [1.82, 2.24) is 20.2 Å². The largest absolute Gasteiger partial charge is 0.408 e. The molecule has 1 atom stereocenters. The summed E-state index contributed by atoms with van der Waals surface area (Å²) in [5.74, 6) is 2.98. The number of aryl methyl sites for hydroxylation is 2. The summed E-state index contributed by atoms with van der Waals surface area (Å²) in [5, 5.41) is 12.2. The lowest BCUT2D eigenvalue weighted by Gasteiger charge is -2.18. The number of nitrogens with one attached hydrogen (secondary N) is 1. The van der Waals surface area contributed by atoms with Crippen LogP contribution in [0.4, 0.5) is 11.8 Å². The minimum Gasteiger partial charge on any atom is -0.408 e. The Morgan fingerprint density at radius 3 is 3.00 bits per heavy atom. The molecule has 7 nitrogen and oxygen atoms in total. The lowest BCUT2D eigenvalue weighted by molar-refractivity contribution is 0.509. The van der Waals surface area contributed by atoms with E-state index in [0.29, 0.717) is 18.9 Å². The second-order valence-electron chi connectivity index (χ2n) is 6.36. The summed E-state index contributed by atoms with van der Waals surface area (Å²) < 4.78 is 5.20. The summed E-state index contributed by atoms with van der Waals surface area (Å²) in [6.07, 6.45) is 4.10. The van der Waals surface area contributed by atoms with Crippen molar-refractivity contribution < 1.29 is 4.42 Å². The van der Waals surface area contributed by atoms with Crippen molar-refractivity contribution in [2.45, 2.75) is 39.5 Å². The second-order valence-corrected chi connectivity index (χ2v) is 7.45. The zero-order valence-electron chi connectivity index (χ0n) is 13.8. The number of nitrogens with zero attached hydrogens (tertiary/aromatic N) is 4. The lowest BCUT2D eigenvalue weighted by atomic mass is 9.89. The van der Waals surface area contributed by atoms with Gasteiger partial charge in [0.2, 0.25) is 5.89 Å². The second kappa shape index (κ2) is 6.01. The molecular formula is C16H20N6OS. The maximum Gasteiger partial charge on any atom is 0.312 e. The molecule has 0 amide bonds. The zero-order valence-corrected chi connectivity index (χ0v) is 14.6. The number of thiophene rings is 1. The summed E-state index contributed by atoms with van der Waals surface area (Å²) in [4.78, 5) is 11.8. The summed E-state index contributed by atoms with van der Waals surface area (Å²) in [6.45, 7) is 4.92. The maximum atomic E-state index is 5.45. The molecule has 4 rings (SSSR count). The van der Waals surface area contributed by atoms with Gasteiger partial charge in [-0.25, -0.2) is 9.97 Å². The summed E-state index contributed by atoms with van der Waals surface area (Å²) in [5.41, 5.74) is 6.88. The first-order chi connectivity index (χ1) is 11.6. The zero-order chi connectivity index (χ0) is 16.7. The molecule has 1 aliphatic carbocycles. The van der Waals surface area contributed by atoms with Crippen molar-refractivity contribution in [3.63, 3.8) is 0 Å². The third-order valence-corrected chi connectivity index (χ3v) is 5.53. The van der Waals surface area contributed by atoms with E-state index in [1.54, 1.807) is 0 Å². The molecule has 1 unspecified atom stereocenters. The fourth-order valence-corrected chi connectivity index (χ4v) is 4.66. The first-order valence-corrected chi connectivity index (χ1v) is 9.02. The number of anilines is 2. The topological polar surface area (TPSA) is 103 Å². The Hall–Kier alpha value is -2.22. The molecule has 3 heterocycles. The van der Waals surface area contributed by atoms with E-state index >= 15 is 0 Å². The van der Waals surface area contributed by atoms with E-state index in [-0.39, 0.29) is 6.01 Å². The molecule has 0 fully saturated rings. The highest BCUT2D eigenvalue weighted by Gasteiger charge is 2.23. The summed E-state index contributed by atoms with van der Waals surface area (Å²) in [7, 11) is 0. The Bertz CT molecular complexity index is 886. The van der Waals surface area contributed by atoms with Gasteiger partial charge in [-0.15, -0.1) is 16.4 Å². The molecule has 0 saturated heterocycles. The van der Waals surface area contributed by atoms with Gasteiger partial charge in [-0.2, -0.15) is 0 Å². The molecule has 0 aromatic carbocycles. The molecule has 8 heteroatoms. The van der Waals surface area contributed by atoms with Gasteiger partial charge in [0.05, 0.1) is 5.39 Å². The third kappa shape index (κ3) is 2.82. The van der Waals surface area contributed by atoms with Gasteiger partial charge in [-0.1, -0.05) is 12.0 Å². The number of nitrogen functional groups attached to an aromatic ring is 1. The quantitative estimate of drug-likeness (QED) is 0.750. The van der Waals surface area contributed by atoms with Crippen LogP contribution in [0.25, 0.3) is 10.2 Å². The number of hydrogen-bond acceptors (Lipinski definition) is 8. The minimum atomic E-state index is 0.103. The van der Waals surface area contributed by atoms with Crippen LogP contribution >= 0.6 is 11.3 Å². The van der Waals surface area contributed by atoms with E-state index in [1.807, 2.05) is 18.3 Å². The van der Waals surface area contributed by atoms with Gasteiger partial charge in [0.15, 0.2) is 0 Å². The van der Waals surface area contributed by atoms with Crippen LogP contribution in [0.2, 0.25) is 0 Å². The SMILES string of the molecule is Cc1nc(NCCc2nnc(N)o2)c2c3c(sc2n1)CC(C)CC3. The van der Waals surface area contributed by atoms with Gasteiger partial charge in [-0.3, -0.25) is 0 Å². The standard InChI is InChI=1S/C16H20N6OS/c1-8-3-4-10-11(7-8)24-15-13(10)14(19-9(2)20-15)18-6-5-12-21-22-16(17)23-12/h8H,3-7H2,1-2H3,(H2,17,22)(H,18,19,20). The normalized spacial score (nSPS) is 17.2. The van der Waals surface area contributed by atoms with Crippen LogP contribution < -0.4 is 11.1 Å². The fraction of sp³-hybridized carbons (Fsp3) is 0.500. The number of hydrogen-bond donors (Lipinski definition) is 2. The van der Waals surface area contributed by atoms with Gasteiger partial charge in [0.1, 0.15) is 16.5 Å². The van der Waals surface area contributed by atoms with Gasteiger partial charge >= 0.3 is 6.01 Å². The van der Waals surface area contributed by atoms with Crippen molar-refractivity contribution in [2.75, 3.05) is 17.6 Å². The fourth-order valence-electron chi connectivity index (χ4n) is 3.23. The van der Waals surface area contributed by atoms with Crippen molar-refractivity contribution in [1.29, 1.82) is 0 Å².